The van der Waals surface area contributed by atoms with Gasteiger partial charge in [0.05, 0.1) is 13.2 Å². The number of hydrogen-bond donors (Lipinski definition) is 6. The molecule has 0 aromatic heterocycles. The van der Waals surface area contributed by atoms with Crippen LogP contribution in [0.5, 0.6) is 0 Å². The second-order valence-corrected chi connectivity index (χ2v) is 6.95. The van der Waals surface area contributed by atoms with E-state index >= 15 is 0 Å². The highest BCUT2D eigenvalue weighted by atomic mass is 32.3. The van der Waals surface area contributed by atoms with E-state index in [1.54, 1.807) is 0 Å². The monoisotopic (exact) mass is 377 g/mol. The van der Waals surface area contributed by atoms with E-state index in [1.807, 2.05) is 0 Å². The summed E-state index contributed by atoms with van der Waals surface area (Å²) in [6.45, 7) is 0.354. The van der Waals surface area contributed by atoms with Crippen molar-refractivity contribution in [1.29, 1.82) is 0 Å². The molecule has 1 saturated heterocycles. The number of oxime groups is 1. The molecule has 0 aromatic rings. The van der Waals surface area contributed by atoms with Gasteiger partial charge in [-0.15, -0.1) is 0 Å². The fourth-order valence-electron chi connectivity index (χ4n) is 1.67. The fraction of sp³-hybridized carbons (Fsp3) is 0.900. The van der Waals surface area contributed by atoms with Crippen molar-refractivity contribution in [3.8, 4) is 0 Å². The SMILES string of the molecule is CC(CO)C(=NOS(=O)(=O)O)S[C@@H]1O[C@H](CO)[C@@H](O)[C@H](O)[C@H]1O. The van der Waals surface area contributed by atoms with Gasteiger partial charge < -0.3 is 30.3 Å². The first-order chi connectivity index (χ1) is 10.6. The minimum absolute atomic E-state index is 0.158. The number of ether oxygens (including phenoxy) is 1. The van der Waals surface area contributed by atoms with E-state index in [4.69, 9.17) is 19.5 Å². The number of rotatable bonds is 6. The summed E-state index contributed by atoms with van der Waals surface area (Å²) in [5.41, 5.74) is -1.23. The maximum atomic E-state index is 10.6. The number of hydrogen-bond acceptors (Lipinski definition) is 11. The number of nitrogens with zero attached hydrogens (tertiary/aromatic N) is 1. The zero-order chi connectivity index (χ0) is 17.8. The number of aliphatic hydroxyl groups is 5. The highest BCUT2D eigenvalue weighted by molar-refractivity contribution is 8.14. The smallest absolute Gasteiger partial charge is 0.396 e. The second-order valence-electron chi connectivity index (χ2n) is 4.83. The van der Waals surface area contributed by atoms with Crippen LogP contribution >= 0.6 is 11.8 Å². The fourth-order valence-corrected chi connectivity index (χ4v) is 3.02. The van der Waals surface area contributed by atoms with E-state index in [2.05, 4.69) is 9.44 Å². The Bertz CT molecular complexity index is 510. The molecule has 13 heteroatoms. The maximum absolute atomic E-state index is 10.6. The lowest BCUT2D eigenvalue weighted by Gasteiger charge is -2.39. The van der Waals surface area contributed by atoms with Gasteiger partial charge in [-0.1, -0.05) is 23.8 Å². The Labute approximate surface area is 136 Å². The molecule has 1 heterocycles. The van der Waals surface area contributed by atoms with E-state index in [0.717, 1.165) is 0 Å². The average molecular weight is 377 g/mol. The molecule has 0 spiro atoms. The zero-order valence-corrected chi connectivity index (χ0v) is 13.6. The highest BCUT2D eigenvalue weighted by Gasteiger charge is 2.44. The quantitative estimate of drug-likeness (QED) is 0.122. The molecule has 1 fully saturated rings. The van der Waals surface area contributed by atoms with Gasteiger partial charge in [-0.05, 0) is 0 Å². The minimum atomic E-state index is -4.87. The minimum Gasteiger partial charge on any atom is -0.396 e. The Morgan fingerprint density at radius 3 is 2.35 bits per heavy atom. The first-order valence-electron chi connectivity index (χ1n) is 6.42. The van der Waals surface area contributed by atoms with E-state index in [-0.39, 0.29) is 5.04 Å². The predicted octanol–water partition coefficient (Wildman–Crippen LogP) is -2.72. The Balaban J connectivity index is 2.93. The molecule has 6 N–H and O–H groups in total. The summed E-state index contributed by atoms with van der Waals surface area (Å²) in [5, 5.41) is 50.5. The molecule has 11 nitrogen and oxygen atoms in total. The molecule has 0 aromatic carbocycles. The first kappa shape index (κ1) is 20.5. The van der Waals surface area contributed by atoms with Crippen LogP contribution in [0.25, 0.3) is 0 Å². The van der Waals surface area contributed by atoms with Crippen LogP contribution in [-0.4, -0.2) is 86.6 Å². The van der Waals surface area contributed by atoms with Crippen LogP contribution in [0.4, 0.5) is 0 Å². The van der Waals surface area contributed by atoms with E-state index in [1.165, 1.54) is 6.92 Å². The molecule has 0 bridgehead atoms. The van der Waals surface area contributed by atoms with Gasteiger partial charge in [0.15, 0.2) is 0 Å². The van der Waals surface area contributed by atoms with Gasteiger partial charge in [0, 0.05) is 5.92 Å². The third kappa shape index (κ3) is 5.81. The molecular weight excluding hydrogens is 358 g/mol. The summed E-state index contributed by atoms with van der Waals surface area (Å²) < 4.78 is 38.7. The maximum Gasteiger partial charge on any atom is 0.466 e. The van der Waals surface area contributed by atoms with Crippen LogP contribution in [0.2, 0.25) is 0 Å². The molecule has 1 unspecified atom stereocenters. The van der Waals surface area contributed by atoms with Crippen LogP contribution in [0, 0.1) is 5.92 Å². The molecule has 0 radical (unpaired) electrons. The van der Waals surface area contributed by atoms with Gasteiger partial charge in [-0.25, -0.2) is 4.28 Å². The van der Waals surface area contributed by atoms with Crippen molar-refractivity contribution >= 4 is 27.2 Å². The Hall–Kier alpha value is -0.510. The molecule has 23 heavy (non-hydrogen) atoms. The van der Waals surface area contributed by atoms with Gasteiger partial charge in [0.1, 0.15) is 34.9 Å². The average Bonchev–Trinajstić information content (AvgIpc) is 2.49. The van der Waals surface area contributed by atoms with E-state index in [0.29, 0.717) is 11.8 Å². The summed E-state index contributed by atoms with van der Waals surface area (Å²) in [4.78, 5) is 0. The molecule has 0 amide bonds. The lowest BCUT2D eigenvalue weighted by atomic mass is 10.0. The zero-order valence-electron chi connectivity index (χ0n) is 12.0. The third-order valence-electron chi connectivity index (χ3n) is 3.00. The Morgan fingerprint density at radius 2 is 1.87 bits per heavy atom. The molecular formula is C10H19NO10S2. The van der Waals surface area contributed by atoms with Gasteiger partial charge in [0.25, 0.3) is 0 Å². The highest BCUT2D eigenvalue weighted by Crippen LogP contribution is 2.31. The lowest BCUT2D eigenvalue weighted by molar-refractivity contribution is -0.205. The van der Waals surface area contributed by atoms with E-state index < -0.39 is 59.4 Å². The van der Waals surface area contributed by atoms with Crippen molar-refractivity contribution in [3.05, 3.63) is 0 Å². The number of thioether (sulfide) groups is 1. The summed E-state index contributed by atoms with van der Waals surface area (Å²) in [7, 11) is -4.87. The van der Waals surface area contributed by atoms with Gasteiger partial charge >= 0.3 is 10.4 Å². The molecule has 136 valence electrons. The van der Waals surface area contributed by atoms with Crippen LogP contribution < -0.4 is 0 Å². The summed E-state index contributed by atoms with van der Waals surface area (Å²) in [6, 6.07) is 0. The van der Waals surface area contributed by atoms with Crippen molar-refractivity contribution in [2.24, 2.45) is 11.1 Å². The largest absolute Gasteiger partial charge is 0.466 e. The Morgan fingerprint density at radius 1 is 1.26 bits per heavy atom. The van der Waals surface area contributed by atoms with Gasteiger partial charge in [-0.3, -0.25) is 4.55 Å². The third-order valence-corrected chi connectivity index (χ3v) is 4.61. The lowest BCUT2D eigenvalue weighted by Crippen LogP contribution is -2.57. The van der Waals surface area contributed by atoms with E-state index in [9.17, 15) is 23.7 Å². The molecule has 0 aliphatic carbocycles. The molecule has 1 aliphatic rings. The van der Waals surface area contributed by atoms with Crippen LogP contribution in [0.1, 0.15) is 6.92 Å². The molecule has 1 aliphatic heterocycles. The second kappa shape index (κ2) is 8.55. The summed E-state index contributed by atoms with van der Waals surface area (Å²) >= 11 is 0.607. The standard InChI is InChI=1S/C10H19NO10S2/c1-4(2-12)9(11-21-23(17,18)19)22-10-8(16)7(15)6(14)5(3-13)20-10/h4-8,10,12-16H,2-3H2,1H3,(H,17,18,19)/t4?,5-,6-,7+,8-,10+/m1/s1. The summed E-state index contributed by atoms with van der Waals surface area (Å²) in [6.07, 6.45) is -5.90. The molecule has 1 rings (SSSR count). The van der Waals surface area contributed by atoms with Crippen molar-refractivity contribution in [2.45, 2.75) is 36.8 Å². The molecule has 0 saturated carbocycles. The normalized spacial score (nSPS) is 34.2. The summed E-state index contributed by atoms with van der Waals surface area (Å²) in [5.74, 6) is -0.742. The molecule has 6 atom stereocenters. The van der Waals surface area contributed by atoms with Crippen molar-refractivity contribution in [1.82, 2.24) is 0 Å². The van der Waals surface area contributed by atoms with Gasteiger partial charge in [-0.2, -0.15) is 8.42 Å². The predicted molar refractivity (Wildman–Crippen MR) is 77.7 cm³/mol. The topological polar surface area (TPSA) is 186 Å². The first-order valence-corrected chi connectivity index (χ1v) is 8.67. The van der Waals surface area contributed by atoms with Gasteiger partial charge in [0.2, 0.25) is 0 Å². The van der Waals surface area contributed by atoms with Crippen LogP contribution in [-0.2, 0) is 19.4 Å². The Kier molecular flexibility index (Phi) is 7.63. The van der Waals surface area contributed by atoms with Crippen molar-refractivity contribution < 1.29 is 47.5 Å². The van der Waals surface area contributed by atoms with Crippen LogP contribution in [0.15, 0.2) is 5.16 Å². The van der Waals surface area contributed by atoms with Crippen molar-refractivity contribution in [2.75, 3.05) is 13.2 Å². The van der Waals surface area contributed by atoms with Crippen LogP contribution in [0.3, 0.4) is 0 Å². The van der Waals surface area contributed by atoms with Crippen molar-refractivity contribution in [3.63, 3.8) is 0 Å². The number of aliphatic hydroxyl groups excluding tert-OH is 5.